The predicted molar refractivity (Wildman–Crippen MR) is 43.1 cm³/mol. The van der Waals surface area contributed by atoms with Gasteiger partial charge in [-0.1, -0.05) is 0 Å². The van der Waals surface area contributed by atoms with Crippen molar-refractivity contribution in [1.82, 2.24) is 5.32 Å². The Morgan fingerprint density at radius 2 is 2.50 bits per heavy atom. The highest BCUT2D eigenvalue weighted by Crippen LogP contribution is 1.98. The van der Waals surface area contributed by atoms with Gasteiger partial charge >= 0.3 is 0 Å². The number of aliphatic hydroxyl groups excluding tert-OH is 1. The van der Waals surface area contributed by atoms with Crippen LogP contribution in [0.3, 0.4) is 0 Å². The Hall–Kier alpha value is -0.220. The third-order valence-electron chi connectivity index (χ3n) is 1.19. The van der Waals surface area contributed by atoms with Gasteiger partial charge in [0.1, 0.15) is 0 Å². The first-order valence-electron chi connectivity index (χ1n) is 3.14. The van der Waals surface area contributed by atoms with E-state index in [0.29, 0.717) is 6.41 Å². The summed E-state index contributed by atoms with van der Waals surface area (Å²) in [6.07, 6.45) is 3.45. The van der Waals surface area contributed by atoms with Crippen LogP contribution in [0.4, 0.5) is 0 Å². The second-order valence-corrected chi connectivity index (χ2v) is 2.93. The highest BCUT2D eigenvalue weighted by atomic mass is 32.2. The highest BCUT2D eigenvalue weighted by Gasteiger charge is 2.02. The largest absolute Gasteiger partial charge is 0.394 e. The molecule has 4 heteroatoms. The first-order chi connectivity index (χ1) is 4.85. The lowest BCUT2D eigenvalue weighted by atomic mass is 10.2. The van der Waals surface area contributed by atoms with E-state index >= 15 is 0 Å². The van der Waals surface area contributed by atoms with Crippen LogP contribution < -0.4 is 5.32 Å². The molecular formula is C6H13NO2S. The van der Waals surface area contributed by atoms with Crippen LogP contribution in [0.1, 0.15) is 6.42 Å². The molecule has 60 valence electrons. The van der Waals surface area contributed by atoms with E-state index in [0.717, 1.165) is 12.2 Å². The summed E-state index contributed by atoms with van der Waals surface area (Å²) in [6, 6.07) is -0.0649. The standard InChI is InChI=1S/C6H13NO2S/c1-10-3-2-6(4-8)7-5-9/h5-6,8H,2-4H2,1H3,(H,7,9)/t6-/m0/s1. The number of carbonyl (C=O) groups is 1. The molecule has 1 amide bonds. The first kappa shape index (κ1) is 9.78. The second-order valence-electron chi connectivity index (χ2n) is 1.95. The van der Waals surface area contributed by atoms with E-state index in [1.165, 1.54) is 0 Å². The van der Waals surface area contributed by atoms with Crippen molar-refractivity contribution in [2.75, 3.05) is 18.6 Å². The third kappa shape index (κ3) is 4.64. The average molecular weight is 163 g/mol. The van der Waals surface area contributed by atoms with Crippen LogP contribution in [0.2, 0.25) is 0 Å². The van der Waals surface area contributed by atoms with E-state index in [1.54, 1.807) is 11.8 Å². The summed E-state index contributed by atoms with van der Waals surface area (Å²) in [5, 5.41) is 11.2. The van der Waals surface area contributed by atoms with Crippen LogP contribution in [0.5, 0.6) is 0 Å². The van der Waals surface area contributed by atoms with Gasteiger partial charge in [0.25, 0.3) is 0 Å². The Kier molecular flexibility index (Phi) is 6.74. The van der Waals surface area contributed by atoms with Gasteiger partial charge in [0.2, 0.25) is 6.41 Å². The number of thioether (sulfide) groups is 1. The van der Waals surface area contributed by atoms with E-state index in [4.69, 9.17) is 5.11 Å². The molecule has 0 unspecified atom stereocenters. The van der Waals surface area contributed by atoms with Gasteiger partial charge in [0, 0.05) is 0 Å². The summed E-state index contributed by atoms with van der Waals surface area (Å²) >= 11 is 1.70. The van der Waals surface area contributed by atoms with Gasteiger partial charge in [-0.15, -0.1) is 0 Å². The normalized spacial score (nSPS) is 12.6. The van der Waals surface area contributed by atoms with Crippen molar-refractivity contribution in [1.29, 1.82) is 0 Å². The predicted octanol–water partition coefficient (Wildman–Crippen LogP) is -0.154. The molecule has 0 fully saturated rings. The second kappa shape index (κ2) is 6.89. The zero-order chi connectivity index (χ0) is 7.82. The van der Waals surface area contributed by atoms with Gasteiger partial charge in [-0.05, 0) is 18.4 Å². The number of carbonyl (C=O) groups excluding carboxylic acids is 1. The van der Waals surface area contributed by atoms with Crippen molar-refractivity contribution in [2.45, 2.75) is 12.5 Å². The maximum Gasteiger partial charge on any atom is 0.207 e. The lowest BCUT2D eigenvalue weighted by Crippen LogP contribution is -2.31. The van der Waals surface area contributed by atoms with Crippen LogP contribution in [0, 0.1) is 0 Å². The molecule has 0 aliphatic carbocycles. The zero-order valence-electron chi connectivity index (χ0n) is 6.04. The van der Waals surface area contributed by atoms with E-state index < -0.39 is 0 Å². The van der Waals surface area contributed by atoms with Gasteiger partial charge in [-0.3, -0.25) is 4.79 Å². The SMILES string of the molecule is CSCC[C@@H](CO)NC=O. The Bertz CT molecular complexity index is 89.8. The van der Waals surface area contributed by atoms with Crippen molar-refractivity contribution in [2.24, 2.45) is 0 Å². The summed E-state index contributed by atoms with van der Waals surface area (Å²) in [5.74, 6) is 0.964. The molecule has 0 aliphatic rings. The number of aliphatic hydroxyl groups is 1. The molecule has 0 rings (SSSR count). The van der Waals surface area contributed by atoms with Gasteiger partial charge < -0.3 is 10.4 Å². The Morgan fingerprint density at radius 1 is 1.80 bits per heavy atom. The number of rotatable bonds is 6. The summed E-state index contributed by atoms with van der Waals surface area (Å²) in [5.41, 5.74) is 0. The molecule has 3 nitrogen and oxygen atoms in total. The maximum atomic E-state index is 9.91. The van der Waals surface area contributed by atoms with Gasteiger partial charge in [-0.25, -0.2) is 0 Å². The van der Waals surface area contributed by atoms with Gasteiger partial charge in [0.15, 0.2) is 0 Å². The lowest BCUT2D eigenvalue weighted by Gasteiger charge is -2.10. The minimum absolute atomic E-state index is 0.0271. The molecule has 0 aliphatic heterocycles. The number of hydrogen-bond donors (Lipinski definition) is 2. The number of amides is 1. The number of hydrogen-bond acceptors (Lipinski definition) is 3. The molecule has 0 spiro atoms. The fourth-order valence-corrected chi connectivity index (χ4v) is 1.10. The molecule has 10 heavy (non-hydrogen) atoms. The lowest BCUT2D eigenvalue weighted by molar-refractivity contribution is -0.110. The van der Waals surface area contributed by atoms with Crippen LogP contribution >= 0.6 is 11.8 Å². The number of nitrogens with one attached hydrogen (secondary N) is 1. The Labute approximate surface area is 65.2 Å². The Balaban J connectivity index is 3.29. The van der Waals surface area contributed by atoms with Crippen LogP contribution in [-0.4, -0.2) is 36.2 Å². The fraction of sp³-hybridized carbons (Fsp3) is 0.833. The molecule has 0 aromatic rings. The van der Waals surface area contributed by atoms with Gasteiger partial charge in [-0.2, -0.15) is 11.8 Å². The molecule has 2 N–H and O–H groups in total. The first-order valence-corrected chi connectivity index (χ1v) is 4.54. The van der Waals surface area contributed by atoms with Crippen molar-refractivity contribution in [3.05, 3.63) is 0 Å². The third-order valence-corrected chi connectivity index (χ3v) is 1.84. The molecule has 0 heterocycles. The fourth-order valence-electron chi connectivity index (χ4n) is 0.584. The van der Waals surface area contributed by atoms with Crippen molar-refractivity contribution in [3.8, 4) is 0 Å². The van der Waals surface area contributed by atoms with E-state index in [9.17, 15) is 4.79 Å². The van der Waals surface area contributed by atoms with E-state index in [2.05, 4.69) is 5.32 Å². The molecule has 0 aromatic carbocycles. The molecule has 0 saturated carbocycles. The minimum Gasteiger partial charge on any atom is -0.394 e. The van der Waals surface area contributed by atoms with Gasteiger partial charge in [0.05, 0.1) is 12.6 Å². The highest BCUT2D eigenvalue weighted by molar-refractivity contribution is 7.98. The van der Waals surface area contributed by atoms with Crippen LogP contribution in [-0.2, 0) is 4.79 Å². The molecular weight excluding hydrogens is 150 g/mol. The minimum atomic E-state index is -0.0649. The molecule has 0 bridgehead atoms. The average Bonchev–Trinajstić information content (AvgIpc) is 1.98. The quantitative estimate of drug-likeness (QED) is 0.535. The van der Waals surface area contributed by atoms with Crippen molar-refractivity contribution < 1.29 is 9.90 Å². The van der Waals surface area contributed by atoms with Crippen molar-refractivity contribution >= 4 is 18.2 Å². The molecule has 0 radical (unpaired) electrons. The zero-order valence-corrected chi connectivity index (χ0v) is 6.86. The summed E-state index contributed by atoms with van der Waals surface area (Å²) in [6.45, 7) is 0.0271. The maximum absolute atomic E-state index is 9.91. The Morgan fingerprint density at radius 3 is 2.90 bits per heavy atom. The summed E-state index contributed by atoms with van der Waals surface area (Å²) in [4.78, 5) is 9.91. The van der Waals surface area contributed by atoms with E-state index in [1.807, 2.05) is 6.26 Å². The topological polar surface area (TPSA) is 49.3 Å². The van der Waals surface area contributed by atoms with E-state index in [-0.39, 0.29) is 12.6 Å². The molecule has 0 aromatic heterocycles. The summed E-state index contributed by atoms with van der Waals surface area (Å²) in [7, 11) is 0. The summed E-state index contributed by atoms with van der Waals surface area (Å²) < 4.78 is 0. The van der Waals surface area contributed by atoms with Crippen molar-refractivity contribution in [3.63, 3.8) is 0 Å². The van der Waals surface area contributed by atoms with Crippen LogP contribution in [0.25, 0.3) is 0 Å². The van der Waals surface area contributed by atoms with Crippen LogP contribution in [0.15, 0.2) is 0 Å². The molecule has 1 atom stereocenters. The smallest absolute Gasteiger partial charge is 0.207 e. The molecule has 0 saturated heterocycles. The monoisotopic (exact) mass is 163 g/mol.